The number of aliphatic hydroxyl groups is 1. The summed E-state index contributed by atoms with van der Waals surface area (Å²) in [5, 5.41) is 14.2. The van der Waals surface area contributed by atoms with Crippen molar-refractivity contribution in [3.8, 4) is 0 Å². The van der Waals surface area contributed by atoms with Gasteiger partial charge in [0.05, 0.1) is 18.8 Å². The Morgan fingerprint density at radius 2 is 2.29 bits per heavy atom. The minimum absolute atomic E-state index is 0.273. The number of hydrogen-bond acceptors (Lipinski definition) is 2. The van der Waals surface area contributed by atoms with Gasteiger partial charge in [0.2, 0.25) is 0 Å². The molecule has 1 fully saturated rings. The van der Waals surface area contributed by atoms with Crippen molar-refractivity contribution in [3.63, 3.8) is 0 Å². The molecule has 1 atom stereocenters. The Hall–Kier alpha value is -1.55. The molecule has 0 radical (unpaired) electrons. The topological polar surface area (TPSA) is 43.0 Å². The molecular formula is C13H17N3O. The predicted octanol–water partition coefficient (Wildman–Crippen LogP) is 1.71. The molecule has 0 amide bonds. The Morgan fingerprint density at radius 3 is 2.94 bits per heavy atom. The highest BCUT2D eigenvalue weighted by Crippen LogP contribution is 2.40. The van der Waals surface area contributed by atoms with Gasteiger partial charge in [-0.1, -0.05) is 0 Å². The van der Waals surface area contributed by atoms with Gasteiger partial charge in [0.1, 0.15) is 0 Å². The van der Waals surface area contributed by atoms with Gasteiger partial charge in [0, 0.05) is 31.2 Å². The quantitative estimate of drug-likeness (QED) is 0.870. The lowest BCUT2D eigenvalue weighted by molar-refractivity contribution is 0.154. The van der Waals surface area contributed by atoms with Crippen molar-refractivity contribution in [2.45, 2.75) is 25.5 Å². The Labute approximate surface area is 100 Å². The molecule has 0 bridgehead atoms. The van der Waals surface area contributed by atoms with E-state index in [1.165, 1.54) is 5.56 Å². The summed E-state index contributed by atoms with van der Waals surface area (Å²) in [5.41, 5.74) is 2.21. The van der Waals surface area contributed by atoms with Crippen LogP contribution in [0.3, 0.4) is 0 Å². The van der Waals surface area contributed by atoms with Gasteiger partial charge in [-0.2, -0.15) is 5.10 Å². The van der Waals surface area contributed by atoms with Crippen LogP contribution in [-0.2, 0) is 13.6 Å². The average molecular weight is 231 g/mol. The van der Waals surface area contributed by atoms with Crippen LogP contribution in [0.1, 0.15) is 30.1 Å². The highest BCUT2D eigenvalue weighted by molar-refractivity contribution is 5.17. The average Bonchev–Trinajstić information content (AvgIpc) is 2.93. The molecule has 1 saturated carbocycles. The molecule has 2 aromatic heterocycles. The van der Waals surface area contributed by atoms with Gasteiger partial charge in [-0.3, -0.25) is 4.68 Å². The summed E-state index contributed by atoms with van der Waals surface area (Å²) in [6.45, 7) is 0.811. The molecule has 0 aromatic carbocycles. The molecule has 1 N–H and O–H groups in total. The van der Waals surface area contributed by atoms with Crippen LogP contribution in [0.15, 0.2) is 30.9 Å². The molecule has 1 aliphatic carbocycles. The van der Waals surface area contributed by atoms with E-state index < -0.39 is 0 Å². The Morgan fingerprint density at radius 1 is 1.47 bits per heavy atom. The first-order valence-electron chi connectivity index (χ1n) is 6.03. The molecule has 0 spiro atoms. The first kappa shape index (κ1) is 10.6. The standard InChI is InChI=1S/C13H17N3O/c1-15-7-10(6-14-15)8-16-5-4-12(9-16)13(17)11-2-3-11/h4-7,9,11,13,17H,2-3,8H2,1H3. The third-order valence-corrected chi connectivity index (χ3v) is 3.31. The fraction of sp³-hybridized carbons (Fsp3) is 0.462. The highest BCUT2D eigenvalue weighted by atomic mass is 16.3. The van der Waals surface area contributed by atoms with Crippen LogP contribution in [0.25, 0.3) is 0 Å². The first-order valence-corrected chi connectivity index (χ1v) is 6.03. The lowest BCUT2D eigenvalue weighted by Crippen LogP contribution is -1.99. The van der Waals surface area contributed by atoms with Gasteiger partial charge in [0.25, 0.3) is 0 Å². The summed E-state index contributed by atoms with van der Waals surface area (Å²) in [7, 11) is 1.92. The number of nitrogens with zero attached hydrogens (tertiary/aromatic N) is 3. The number of aromatic nitrogens is 3. The van der Waals surface area contributed by atoms with Crippen LogP contribution in [0, 0.1) is 5.92 Å². The van der Waals surface area contributed by atoms with Crippen LogP contribution in [0.5, 0.6) is 0 Å². The van der Waals surface area contributed by atoms with E-state index in [0.29, 0.717) is 5.92 Å². The third-order valence-electron chi connectivity index (χ3n) is 3.31. The molecule has 4 nitrogen and oxygen atoms in total. The molecule has 2 aromatic rings. The maximum atomic E-state index is 10.0. The second kappa shape index (κ2) is 4.04. The largest absolute Gasteiger partial charge is 0.388 e. The zero-order chi connectivity index (χ0) is 11.8. The fourth-order valence-electron chi connectivity index (χ4n) is 2.18. The van der Waals surface area contributed by atoms with E-state index in [1.807, 2.05) is 37.9 Å². The number of rotatable bonds is 4. The zero-order valence-electron chi connectivity index (χ0n) is 9.95. The van der Waals surface area contributed by atoms with Gasteiger partial charge >= 0.3 is 0 Å². The Balaban J connectivity index is 1.71. The van der Waals surface area contributed by atoms with Crippen molar-refractivity contribution < 1.29 is 5.11 Å². The number of aryl methyl sites for hydroxylation is 1. The molecule has 0 saturated heterocycles. The lowest BCUT2D eigenvalue weighted by Gasteiger charge is -2.05. The van der Waals surface area contributed by atoms with Gasteiger partial charge in [-0.05, 0) is 30.4 Å². The van der Waals surface area contributed by atoms with Crippen LogP contribution >= 0.6 is 0 Å². The number of aliphatic hydroxyl groups excluding tert-OH is 1. The molecule has 1 aliphatic rings. The molecule has 17 heavy (non-hydrogen) atoms. The van der Waals surface area contributed by atoms with Gasteiger partial charge in [0.15, 0.2) is 0 Å². The second-order valence-electron chi connectivity index (χ2n) is 4.92. The summed E-state index contributed by atoms with van der Waals surface area (Å²) in [6.07, 6.45) is 9.99. The molecule has 0 aliphatic heterocycles. The van der Waals surface area contributed by atoms with Crippen LogP contribution in [-0.4, -0.2) is 19.5 Å². The summed E-state index contributed by atoms with van der Waals surface area (Å²) in [6, 6.07) is 2.01. The van der Waals surface area contributed by atoms with Crippen molar-refractivity contribution in [1.29, 1.82) is 0 Å². The Kier molecular flexibility index (Phi) is 2.52. The number of hydrogen-bond donors (Lipinski definition) is 1. The molecule has 1 unspecified atom stereocenters. The molecular weight excluding hydrogens is 214 g/mol. The summed E-state index contributed by atoms with van der Waals surface area (Å²) < 4.78 is 3.90. The minimum Gasteiger partial charge on any atom is -0.388 e. The van der Waals surface area contributed by atoms with Gasteiger partial charge in [-0.15, -0.1) is 0 Å². The lowest BCUT2D eigenvalue weighted by atomic mass is 10.1. The van der Waals surface area contributed by atoms with E-state index in [2.05, 4.69) is 9.67 Å². The first-order chi connectivity index (χ1) is 8.22. The molecule has 4 heteroatoms. The second-order valence-corrected chi connectivity index (χ2v) is 4.92. The van der Waals surface area contributed by atoms with Gasteiger partial charge in [-0.25, -0.2) is 0 Å². The van der Waals surface area contributed by atoms with Crippen LogP contribution in [0.4, 0.5) is 0 Å². The van der Waals surface area contributed by atoms with E-state index in [0.717, 1.165) is 24.9 Å². The normalized spacial score (nSPS) is 17.3. The van der Waals surface area contributed by atoms with Gasteiger partial charge < -0.3 is 9.67 Å². The van der Waals surface area contributed by atoms with E-state index in [1.54, 1.807) is 4.68 Å². The monoisotopic (exact) mass is 231 g/mol. The SMILES string of the molecule is Cn1cc(Cn2ccc(C(O)C3CC3)c2)cn1. The van der Waals surface area contributed by atoms with E-state index in [-0.39, 0.29) is 6.10 Å². The predicted molar refractivity (Wildman–Crippen MR) is 64.4 cm³/mol. The van der Waals surface area contributed by atoms with Crippen LogP contribution in [0.2, 0.25) is 0 Å². The van der Waals surface area contributed by atoms with Crippen LogP contribution < -0.4 is 0 Å². The molecule has 90 valence electrons. The maximum Gasteiger partial charge on any atom is 0.0832 e. The van der Waals surface area contributed by atoms with Crippen molar-refractivity contribution in [2.24, 2.45) is 13.0 Å². The highest BCUT2D eigenvalue weighted by Gasteiger charge is 2.31. The van der Waals surface area contributed by atoms with Crippen molar-refractivity contribution in [1.82, 2.24) is 14.3 Å². The van der Waals surface area contributed by atoms with E-state index in [4.69, 9.17) is 0 Å². The summed E-state index contributed by atoms with van der Waals surface area (Å²) in [5.74, 6) is 0.490. The minimum atomic E-state index is -0.273. The smallest absolute Gasteiger partial charge is 0.0832 e. The Bertz CT molecular complexity index is 510. The fourth-order valence-corrected chi connectivity index (χ4v) is 2.18. The van der Waals surface area contributed by atoms with Crippen molar-refractivity contribution in [2.75, 3.05) is 0 Å². The van der Waals surface area contributed by atoms with E-state index >= 15 is 0 Å². The van der Waals surface area contributed by atoms with E-state index in [9.17, 15) is 5.11 Å². The van der Waals surface area contributed by atoms with Crippen molar-refractivity contribution >= 4 is 0 Å². The summed E-state index contributed by atoms with van der Waals surface area (Å²) >= 11 is 0. The molecule has 3 rings (SSSR count). The third kappa shape index (κ3) is 2.26. The molecule has 2 heterocycles. The maximum absolute atomic E-state index is 10.0. The zero-order valence-corrected chi connectivity index (χ0v) is 9.95. The summed E-state index contributed by atoms with van der Waals surface area (Å²) in [4.78, 5) is 0. The van der Waals surface area contributed by atoms with Crippen molar-refractivity contribution in [3.05, 3.63) is 42.0 Å².